The zero-order valence-corrected chi connectivity index (χ0v) is 23.8. The smallest absolute Gasteiger partial charge is 0.247 e. The summed E-state index contributed by atoms with van der Waals surface area (Å²) in [5.41, 5.74) is 4.83. The number of hydrogen-bond donors (Lipinski definition) is 3. The maximum atomic E-state index is 12.4. The monoisotopic (exact) mass is 553 g/mol. The van der Waals surface area contributed by atoms with E-state index in [9.17, 15) is 4.79 Å². The van der Waals surface area contributed by atoms with Gasteiger partial charge in [0, 0.05) is 56.3 Å². The van der Waals surface area contributed by atoms with E-state index in [1.54, 1.807) is 11.8 Å². The summed E-state index contributed by atoms with van der Waals surface area (Å²) >= 11 is 0. The molecule has 4 aromatic rings. The van der Waals surface area contributed by atoms with E-state index in [0.29, 0.717) is 34.8 Å². The number of rotatable bonds is 10. The van der Waals surface area contributed by atoms with Crippen molar-refractivity contribution in [2.45, 2.75) is 12.5 Å². The Morgan fingerprint density at radius 2 is 1.83 bits per heavy atom. The Kier molecular flexibility index (Phi) is 8.16. The summed E-state index contributed by atoms with van der Waals surface area (Å²) in [4.78, 5) is 25.7. The van der Waals surface area contributed by atoms with E-state index < -0.39 is 0 Å². The second-order valence-corrected chi connectivity index (χ2v) is 10.0. The minimum atomic E-state index is -0.292. The molecule has 212 valence electrons. The lowest BCUT2D eigenvalue weighted by molar-refractivity contribution is -0.111. The van der Waals surface area contributed by atoms with Gasteiger partial charge in [0.05, 0.1) is 29.9 Å². The van der Waals surface area contributed by atoms with Crippen molar-refractivity contribution in [3.05, 3.63) is 73.7 Å². The third kappa shape index (κ3) is 6.30. The number of benzene rings is 2. The van der Waals surface area contributed by atoms with Gasteiger partial charge in [-0.15, -0.1) is 0 Å². The molecular formula is C30H35N9O2. The Morgan fingerprint density at radius 3 is 2.49 bits per heavy atom. The first-order valence-electron chi connectivity index (χ1n) is 13.4. The third-order valence-electron chi connectivity index (χ3n) is 7.16. The predicted molar refractivity (Wildman–Crippen MR) is 163 cm³/mol. The normalized spacial score (nSPS) is 14.9. The molecule has 0 aliphatic carbocycles. The van der Waals surface area contributed by atoms with Crippen LogP contribution < -0.4 is 25.6 Å². The number of likely N-dealkylation sites (N-methyl/N-ethyl adjacent to an activating group) is 2. The van der Waals surface area contributed by atoms with Gasteiger partial charge in [-0.3, -0.25) is 9.48 Å². The fourth-order valence-electron chi connectivity index (χ4n) is 4.98. The Labute approximate surface area is 239 Å². The van der Waals surface area contributed by atoms with Gasteiger partial charge in [-0.1, -0.05) is 24.8 Å². The number of anilines is 6. The molecule has 11 heteroatoms. The van der Waals surface area contributed by atoms with Crippen molar-refractivity contribution >= 4 is 40.3 Å². The lowest BCUT2D eigenvalue weighted by Gasteiger charge is -2.29. The molecular weight excluding hydrogens is 518 g/mol. The average molecular weight is 554 g/mol. The molecule has 1 saturated heterocycles. The lowest BCUT2D eigenvalue weighted by Crippen LogP contribution is -2.34. The highest BCUT2D eigenvalue weighted by molar-refractivity contribution is 6.02. The molecule has 1 amide bonds. The van der Waals surface area contributed by atoms with Crippen LogP contribution in [-0.2, 0) is 11.8 Å². The van der Waals surface area contributed by atoms with Crippen LogP contribution in [-0.4, -0.2) is 70.9 Å². The van der Waals surface area contributed by atoms with Crippen LogP contribution in [0.4, 0.5) is 34.4 Å². The molecule has 2 aromatic carbocycles. The van der Waals surface area contributed by atoms with Gasteiger partial charge in [-0.2, -0.15) is 5.10 Å². The summed E-state index contributed by atoms with van der Waals surface area (Å²) in [6, 6.07) is 15.8. The highest BCUT2D eigenvalue weighted by atomic mass is 16.5. The largest absolute Gasteiger partial charge is 0.494 e. The van der Waals surface area contributed by atoms with Gasteiger partial charge in [0.15, 0.2) is 0 Å². The molecule has 2 aromatic heterocycles. The van der Waals surface area contributed by atoms with Gasteiger partial charge in [0.1, 0.15) is 23.7 Å². The highest BCUT2D eigenvalue weighted by Crippen LogP contribution is 2.39. The lowest BCUT2D eigenvalue weighted by atomic mass is 10.1. The van der Waals surface area contributed by atoms with Gasteiger partial charge in [-0.25, -0.2) is 9.97 Å². The van der Waals surface area contributed by atoms with E-state index in [0.717, 1.165) is 42.1 Å². The van der Waals surface area contributed by atoms with Crippen LogP contribution in [0, 0.1) is 0 Å². The Morgan fingerprint density at radius 1 is 1.07 bits per heavy atom. The molecule has 3 N–H and O–H groups in total. The van der Waals surface area contributed by atoms with Gasteiger partial charge in [-0.05, 0) is 44.3 Å². The zero-order valence-electron chi connectivity index (χ0n) is 23.8. The van der Waals surface area contributed by atoms with Crippen LogP contribution >= 0.6 is 0 Å². The maximum Gasteiger partial charge on any atom is 0.247 e. The number of nitrogens with one attached hydrogen (secondary N) is 3. The average Bonchev–Trinajstić information content (AvgIpc) is 3.61. The molecule has 3 heterocycles. The molecule has 0 radical (unpaired) electrons. The molecule has 1 atom stereocenters. The molecule has 0 spiro atoms. The van der Waals surface area contributed by atoms with E-state index >= 15 is 0 Å². The summed E-state index contributed by atoms with van der Waals surface area (Å²) in [6.45, 7) is 5.57. The molecule has 1 aliphatic rings. The van der Waals surface area contributed by atoms with Crippen molar-refractivity contribution in [1.29, 1.82) is 0 Å². The number of amides is 1. The van der Waals surface area contributed by atoms with Gasteiger partial charge >= 0.3 is 0 Å². The van der Waals surface area contributed by atoms with E-state index in [4.69, 9.17) is 4.74 Å². The number of aromatic nitrogens is 4. The summed E-state index contributed by atoms with van der Waals surface area (Å²) in [6.07, 6.45) is 5.69. The van der Waals surface area contributed by atoms with Crippen molar-refractivity contribution in [1.82, 2.24) is 24.6 Å². The predicted octanol–water partition coefficient (Wildman–Crippen LogP) is 4.64. The minimum Gasteiger partial charge on any atom is -0.494 e. The van der Waals surface area contributed by atoms with E-state index in [2.05, 4.69) is 54.4 Å². The third-order valence-corrected chi connectivity index (χ3v) is 7.16. The number of aryl methyl sites for hydroxylation is 1. The first kappa shape index (κ1) is 27.7. The maximum absolute atomic E-state index is 12.4. The molecule has 0 unspecified atom stereocenters. The summed E-state index contributed by atoms with van der Waals surface area (Å²) in [7, 11) is 7.67. The summed E-state index contributed by atoms with van der Waals surface area (Å²) in [5, 5.41) is 14.2. The second kappa shape index (κ2) is 12.1. The van der Waals surface area contributed by atoms with Crippen LogP contribution in [0.3, 0.4) is 0 Å². The number of nitrogens with zero attached hydrogens (tertiary/aromatic N) is 6. The number of carbonyl (C=O) groups is 1. The fraction of sp³-hybridized carbons (Fsp3) is 0.267. The van der Waals surface area contributed by atoms with Crippen LogP contribution in [0.25, 0.3) is 11.3 Å². The zero-order chi connectivity index (χ0) is 28.9. The number of methoxy groups -OCH3 is 1. The second-order valence-electron chi connectivity index (χ2n) is 10.0. The minimum absolute atomic E-state index is 0.292. The van der Waals surface area contributed by atoms with E-state index in [1.165, 1.54) is 12.4 Å². The van der Waals surface area contributed by atoms with Crippen LogP contribution in [0.1, 0.15) is 6.42 Å². The number of carbonyl (C=O) groups excluding carboxylic acids is 1. The summed E-state index contributed by atoms with van der Waals surface area (Å²) < 4.78 is 7.54. The molecule has 5 rings (SSSR count). The summed E-state index contributed by atoms with van der Waals surface area (Å²) in [5.74, 6) is 1.48. The van der Waals surface area contributed by atoms with Crippen molar-refractivity contribution in [2.24, 2.45) is 7.05 Å². The molecule has 0 saturated carbocycles. The molecule has 41 heavy (non-hydrogen) atoms. The number of hydrogen-bond acceptors (Lipinski definition) is 9. The molecule has 1 fully saturated rings. The highest BCUT2D eigenvalue weighted by Gasteiger charge is 2.26. The van der Waals surface area contributed by atoms with Gasteiger partial charge in [0.25, 0.3) is 0 Å². The van der Waals surface area contributed by atoms with Crippen molar-refractivity contribution in [3.63, 3.8) is 0 Å². The van der Waals surface area contributed by atoms with Crippen LogP contribution in [0.2, 0.25) is 0 Å². The first-order valence-corrected chi connectivity index (χ1v) is 13.4. The fourth-order valence-corrected chi connectivity index (χ4v) is 4.98. The van der Waals surface area contributed by atoms with Gasteiger partial charge in [0.2, 0.25) is 5.91 Å². The Bertz CT molecular complexity index is 1550. The standard InChI is InChI=1S/C30H35N9O2/c1-6-30(40)35-24-15-25(27(41-5)16-26(24)39(4)20-11-13-37(2)18-20)34-29-17-28(31-19-32-29)33-22-10-8-7-9-21(22)23-12-14-38(3)36-23/h6-10,12,14-17,19-20H,1,11,13,18H2,2-5H3,(H,35,40)(H2,31,32,33,34)/t20-/m0/s1. The van der Waals surface area contributed by atoms with Crippen molar-refractivity contribution < 1.29 is 9.53 Å². The van der Waals surface area contributed by atoms with Crippen molar-refractivity contribution in [2.75, 3.05) is 55.1 Å². The van der Waals surface area contributed by atoms with Crippen LogP contribution in [0.5, 0.6) is 5.75 Å². The molecule has 1 aliphatic heterocycles. The SMILES string of the molecule is C=CC(=O)Nc1cc(Nc2cc(Nc3ccccc3-c3ccn(C)n3)ncn2)c(OC)cc1N(C)[C@H]1CCN(C)C1. The quantitative estimate of drug-likeness (QED) is 0.242. The number of ether oxygens (including phenoxy) is 1. The van der Waals surface area contributed by atoms with Gasteiger partial charge < -0.3 is 30.5 Å². The Balaban J connectivity index is 1.43. The molecule has 11 nitrogen and oxygen atoms in total. The topological polar surface area (TPSA) is 112 Å². The van der Waals surface area contributed by atoms with E-state index in [-0.39, 0.29) is 5.91 Å². The Hall–Kier alpha value is -4.90. The number of likely N-dealkylation sites (tertiary alicyclic amines) is 1. The number of para-hydroxylation sites is 1. The van der Waals surface area contributed by atoms with Crippen molar-refractivity contribution in [3.8, 4) is 17.0 Å². The van der Waals surface area contributed by atoms with Crippen LogP contribution in [0.15, 0.2) is 73.7 Å². The first-order chi connectivity index (χ1) is 19.8. The molecule has 0 bridgehead atoms. The van der Waals surface area contributed by atoms with E-state index in [1.807, 2.05) is 68.8 Å².